The second-order valence-electron chi connectivity index (χ2n) is 8.18. The van der Waals surface area contributed by atoms with Gasteiger partial charge in [-0.1, -0.05) is 0 Å². The molecule has 0 aliphatic carbocycles. The number of hydrogen-bond acceptors (Lipinski definition) is 6. The average molecular weight is 388 g/mol. The van der Waals surface area contributed by atoms with Gasteiger partial charge in [-0.2, -0.15) is 0 Å². The Morgan fingerprint density at radius 3 is 2.71 bits per heavy atom. The third kappa shape index (κ3) is 4.55. The summed E-state index contributed by atoms with van der Waals surface area (Å²) >= 11 is 0. The van der Waals surface area contributed by atoms with Crippen molar-refractivity contribution in [3.8, 4) is 0 Å². The van der Waals surface area contributed by atoms with Gasteiger partial charge in [0.15, 0.2) is 5.96 Å². The third-order valence-electron chi connectivity index (χ3n) is 6.28. The van der Waals surface area contributed by atoms with Crippen LogP contribution >= 0.6 is 0 Å². The standard InChI is InChI=1S/C20H33N7O/c1-21-18(27-10-4-20(16-27)5-15-28-17-20)22-8-3-9-25-11-13-26(14-12-25)19-23-6-2-7-24-19/h2,6-7H,3-5,8-17H2,1H3,(H,21,22). The number of ether oxygens (including phenoxy) is 1. The minimum absolute atomic E-state index is 0.375. The van der Waals surface area contributed by atoms with Gasteiger partial charge in [0, 0.05) is 77.3 Å². The number of nitrogens with zero attached hydrogens (tertiary/aromatic N) is 6. The zero-order valence-electron chi connectivity index (χ0n) is 17.0. The summed E-state index contributed by atoms with van der Waals surface area (Å²) in [4.78, 5) is 20.4. The molecule has 3 saturated heterocycles. The Morgan fingerprint density at radius 2 is 2.00 bits per heavy atom. The highest BCUT2D eigenvalue weighted by molar-refractivity contribution is 5.80. The number of aromatic nitrogens is 2. The molecule has 3 aliphatic rings. The lowest BCUT2D eigenvalue weighted by molar-refractivity contribution is 0.156. The summed E-state index contributed by atoms with van der Waals surface area (Å²) < 4.78 is 5.64. The van der Waals surface area contributed by atoms with Crippen LogP contribution < -0.4 is 10.2 Å². The van der Waals surface area contributed by atoms with Gasteiger partial charge in [-0.05, 0) is 31.9 Å². The molecule has 4 heterocycles. The zero-order chi connectivity index (χ0) is 19.2. The van der Waals surface area contributed by atoms with Gasteiger partial charge in [0.1, 0.15) is 0 Å². The number of hydrogen-bond donors (Lipinski definition) is 1. The van der Waals surface area contributed by atoms with Crippen LogP contribution in [0.15, 0.2) is 23.5 Å². The Hall–Kier alpha value is -1.93. The molecule has 3 fully saturated rings. The molecule has 1 atom stereocenters. The fourth-order valence-electron chi connectivity index (χ4n) is 4.55. The smallest absolute Gasteiger partial charge is 0.225 e. The number of rotatable bonds is 5. The van der Waals surface area contributed by atoms with E-state index in [4.69, 9.17) is 4.74 Å². The molecule has 0 aromatic carbocycles. The highest BCUT2D eigenvalue weighted by Gasteiger charge is 2.42. The molecule has 154 valence electrons. The van der Waals surface area contributed by atoms with Crippen LogP contribution in [0.3, 0.4) is 0 Å². The Kier molecular flexibility index (Phi) is 6.26. The Balaban J connectivity index is 1.14. The Labute approximate surface area is 168 Å². The molecular formula is C20H33N7O. The van der Waals surface area contributed by atoms with Crippen molar-refractivity contribution in [1.82, 2.24) is 25.1 Å². The van der Waals surface area contributed by atoms with Gasteiger partial charge in [-0.15, -0.1) is 0 Å². The van der Waals surface area contributed by atoms with Crippen LogP contribution in [0.4, 0.5) is 5.95 Å². The highest BCUT2D eigenvalue weighted by atomic mass is 16.5. The molecule has 8 heteroatoms. The van der Waals surface area contributed by atoms with Gasteiger partial charge in [0.2, 0.25) is 5.95 Å². The van der Waals surface area contributed by atoms with E-state index in [1.54, 1.807) is 0 Å². The van der Waals surface area contributed by atoms with Crippen molar-refractivity contribution < 1.29 is 4.74 Å². The molecule has 1 aromatic rings. The van der Waals surface area contributed by atoms with Crippen molar-refractivity contribution in [2.45, 2.75) is 19.3 Å². The predicted molar refractivity (Wildman–Crippen MR) is 111 cm³/mol. The van der Waals surface area contributed by atoms with Gasteiger partial charge < -0.3 is 19.9 Å². The first kappa shape index (κ1) is 19.4. The van der Waals surface area contributed by atoms with Crippen LogP contribution in [0.1, 0.15) is 19.3 Å². The normalized spacial score (nSPS) is 26.4. The van der Waals surface area contributed by atoms with Crippen molar-refractivity contribution in [1.29, 1.82) is 0 Å². The maximum Gasteiger partial charge on any atom is 0.225 e. The Morgan fingerprint density at radius 1 is 1.18 bits per heavy atom. The van der Waals surface area contributed by atoms with Crippen LogP contribution in [0.5, 0.6) is 0 Å². The molecule has 0 bridgehead atoms. The van der Waals surface area contributed by atoms with E-state index < -0.39 is 0 Å². The SMILES string of the molecule is CN=C(NCCCN1CCN(c2ncccn2)CC1)N1CCC2(CCOC2)C1. The summed E-state index contributed by atoms with van der Waals surface area (Å²) in [5.74, 6) is 1.90. The van der Waals surface area contributed by atoms with Gasteiger partial charge >= 0.3 is 0 Å². The Bertz CT molecular complexity index is 639. The monoisotopic (exact) mass is 387 g/mol. The summed E-state index contributed by atoms with van der Waals surface area (Å²) in [5.41, 5.74) is 0.375. The first-order valence-corrected chi connectivity index (χ1v) is 10.6. The summed E-state index contributed by atoms with van der Waals surface area (Å²) in [5, 5.41) is 3.57. The molecule has 1 N–H and O–H groups in total. The van der Waals surface area contributed by atoms with Crippen molar-refractivity contribution in [3.63, 3.8) is 0 Å². The molecule has 1 unspecified atom stereocenters. The molecule has 28 heavy (non-hydrogen) atoms. The van der Waals surface area contributed by atoms with E-state index >= 15 is 0 Å². The number of nitrogens with one attached hydrogen (secondary N) is 1. The lowest BCUT2D eigenvalue weighted by Gasteiger charge is -2.34. The highest BCUT2D eigenvalue weighted by Crippen LogP contribution is 2.38. The van der Waals surface area contributed by atoms with Crippen molar-refractivity contribution in [3.05, 3.63) is 18.5 Å². The summed E-state index contributed by atoms with van der Waals surface area (Å²) in [7, 11) is 1.89. The number of aliphatic imine (C=N–C) groups is 1. The topological polar surface area (TPSA) is 69.1 Å². The average Bonchev–Trinajstić information content (AvgIpc) is 3.39. The maximum atomic E-state index is 5.64. The van der Waals surface area contributed by atoms with Crippen LogP contribution in [-0.4, -0.2) is 98.3 Å². The number of guanidine groups is 1. The van der Waals surface area contributed by atoms with E-state index in [0.717, 1.165) is 83.9 Å². The van der Waals surface area contributed by atoms with E-state index in [9.17, 15) is 0 Å². The van der Waals surface area contributed by atoms with Gasteiger partial charge in [-0.3, -0.25) is 9.89 Å². The van der Waals surface area contributed by atoms with Crippen molar-refractivity contribution >= 4 is 11.9 Å². The van der Waals surface area contributed by atoms with Crippen LogP contribution in [0.25, 0.3) is 0 Å². The van der Waals surface area contributed by atoms with E-state index in [2.05, 4.69) is 35.0 Å². The summed E-state index contributed by atoms with van der Waals surface area (Å²) in [6.45, 7) is 10.2. The first-order chi connectivity index (χ1) is 13.8. The van der Waals surface area contributed by atoms with E-state index in [-0.39, 0.29) is 0 Å². The maximum absolute atomic E-state index is 5.64. The van der Waals surface area contributed by atoms with E-state index in [1.807, 2.05) is 25.5 Å². The zero-order valence-corrected chi connectivity index (χ0v) is 17.0. The number of anilines is 1. The molecule has 1 aromatic heterocycles. The quantitative estimate of drug-likeness (QED) is 0.453. The first-order valence-electron chi connectivity index (χ1n) is 10.6. The molecule has 0 amide bonds. The summed E-state index contributed by atoms with van der Waals surface area (Å²) in [6.07, 6.45) is 7.18. The minimum Gasteiger partial charge on any atom is -0.381 e. The van der Waals surface area contributed by atoms with E-state index in [1.165, 1.54) is 12.8 Å². The number of likely N-dealkylation sites (tertiary alicyclic amines) is 1. The van der Waals surface area contributed by atoms with Crippen LogP contribution in [-0.2, 0) is 4.74 Å². The largest absolute Gasteiger partial charge is 0.381 e. The van der Waals surface area contributed by atoms with Gasteiger partial charge in [0.05, 0.1) is 6.61 Å². The van der Waals surface area contributed by atoms with Crippen LogP contribution in [0.2, 0.25) is 0 Å². The minimum atomic E-state index is 0.375. The van der Waals surface area contributed by atoms with Crippen molar-refractivity contribution in [2.24, 2.45) is 10.4 Å². The molecule has 4 rings (SSSR count). The molecule has 3 aliphatic heterocycles. The molecular weight excluding hydrogens is 354 g/mol. The second kappa shape index (κ2) is 9.05. The number of piperazine rings is 1. The lowest BCUT2D eigenvalue weighted by Crippen LogP contribution is -2.48. The fourth-order valence-corrected chi connectivity index (χ4v) is 4.55. The molecule has 0 radical (unpaired) electrons. The lowest BCUT2D eigenvalue weighted by atomic mass is 9.87. The van der Waals surface area contributed by atoms with E-state index in [0.29, 0.717) is 5.41 Å². The van der Waals surface area contributed by atoms with Gasteiger partial charge in [-0.25, -0.2) is 9.97 Å². The fraction of sp³-hybridized carbons (Fsp3) is 0.750. The predicted octanol–water partition coefficient (Wildman–Crippen LogP) is 0.677. The summed E-state index contributed by atoms with van der Waals surface area (Å²) in [6, 6.07) is 1.87. The van der Waals surface area contributed by atoms with Gasteiger partial charge in [0.25, 0.3) is 0 Å². The van der Waals surface area contributed by atoms with Crippen LogP contribution in [0, 0.1) is 5.41 Å². The third-order valence-corrected chi connectivity index (χ3v) is 6.28. The van der Waals surface area contributed by atoms with Crippen molar-refractivity contribution in [2.75, 3.05) is 77.5 Å². The molecule has 8 nitrogen and oxygen atoms in total. The molecule has 0 saturated carbocycles. The molecule has 1 spiro atoms. The second-order valence-corrected chi connectivity index (χ2v) is 8.18.